The Labute approximate surface area is 185 Å². The third-order valence-corrected chi connectivity index (χ3v) is 5.89. The molecule has 1 atom stereocenters. The molecular formula is C22H16NaO4P. The Morgan fingerprint density at radius 2 is 1.39 bits per heavy atom. The minimum atomic E-state index is -4.98. The Morgan fingerprint density at radius 1 is 0.786 bits per heavy atom. The minimum absolute atomic E-state index is 0. The van der Waals surface area contributed by atoms with E-state index in [0.29, 0.717) is 5.39 Å². The molecule has 0 aliphatic carbocycles. The van der Waals surface area contributed by atoms with E-state index in [1.165, 1.54) is 0 Å². The molecule has 4 aromatic rings. The second-order valence-electron chi connectivity index (χ2n) is 6.46. The summed E-state index contributed by atoms with van der Waals surface area (Å²) in [4.78, 5) is 47.5. The van der Waals surface area contributed by atoms with Gasteiger partial charge in [0.2, 0.25) is 5.78 Å². The van der Waals surface area contributed by atoms with Gasteiger partial charge in [0.1, 0.15) is 0 Å². The zero-order chi connectivity index (χ0) is 19.0. The van der Waals surface area contributed by atoms with Crippen molar-refractivity contribution >= 4 is 35.3 Å². The van der Waals surface area contributed by atoms with Crippen LogP contribution in [0.5, 0.6) is 0 Å². The summed E-state index contributed by atoms with van der Waals surface area (Å²) < 4.78 is 0. The molecule has 0 bridgehead atoms. The van der Waals surface area contributed by atoms with Crippen LogP contribution >= 0.6 is 7.94 Å². The molecule has 0 spiro atoms. The van der Waals surface area contributed by atoms with E-state index in [1.54, 1.807) is 42.5 Å². The maximum absolute atomic E-state index is 13.1. The number of rotatable bonds is 4. The molecule has 0 aliphatic rings. The van der Waals surface area contributed by atoms with Gasteiger partial charge < -0.3 is 9.79 Å². The monoisotopic (exact) mass is 398 g/mol. The first kappa shape index (κ1) is 21.1. The van der Waals surface area contributed by atoms with E-state index < -0.39 is 19.4 Å². The number of fused-ring (bicyclic) bond motifs is 2. The van der Waals surface area contributed by atoms with E-state index in [1.807, 2.05) is 42.5 Å². The van der Waals surface area contributed by atoms with Crippen molar-refractivity contribution in [2.45, 2.75) is 5.66 Å². The first-order chi connectivity index (χ1) is 12.9. The second-order valence-corrected chi connectivity index (χ2v) is 8.11. The molecule has 6 heteroatoms. The van der Waals surface area contributed by atoms with E-state index in [4.69, 9.17) is 0 Å². The second kappa shape index (κ2) is 8.40. The van der Waals surface area contributed by atoms with Crippen molar-refractivity contribution in [2.75, 3.05) is 0 Å². The molecule has 134 valence electrons. The summed E-state index contributed by atoms with van der Waals surface area (Å²) in [7, 11) is -4.98. The molecule has 0 saturated heterocycles. The number of hydrogen-bond donors (Lipinski definition) is 1. The van der Waals surface area contributed by atoms with Crippen LogP contribution < -0.4 is 39.3 Å². The van der Waals surface area contributed by atoms with Gasteiger partial charge in [0.05, 0.1) is 7.94 Å². The molecule has 1 N–H and O–H groups in total. The average Bonchev–Trinajstić information content (AvgIpc) is 2.67. The third-order valence-electron chi connectivity index (χ3n) is 4.73. The van der Waals surface area contributed by atoms with Crippen molar-refractivity contribution in [3.63, 3.8) is 0 Å². The number of ketones is 1. The molecule has 4 rings (SSSR count). The van der Waals surface area contributed by atoms with Gasteiger partial charge >= 0.3 is 29.6 Å². The van der Waals surface area contributed by atoms with Crippen LogP contribution in [0, 0.1) is 0 Å². The fourth-order valence-electron chi connectivity index (χ4n) is 3.45. The number of benzene rings is 4. The van der Waals surface area contributed by atoms with Crippen LogP contribution in [-0.4, -0.2) is 10.7 Å². The minimum Gasteiger partial charge on any atom is -0.659 e. The van der Waals surface area contributed by atoms with Crippen LogP contribution in [0.2, 0.25) is 0 Å². The Morgan fingerprint density at radius 3 is 2.11 bits per heavy atom. The molecule has 0 aliphatic heterocycles. The van der Waals surface area contributed by atoms with Crippen molar-refractivity contribution in [3.05, 3.63) is 96.1 Å². The van der Waals surface area contributed by atoms with Gasteiger partial charge in [-0.2, -0.15) is 0 Å². The zero-order valence-electron chi connectivity index (χ0n) is 15.3. The molecule has 4 aromatic carbocycles. The first-order valence-electron chi connectivity index (χ1n) is 8.49. The van der Waals surface area contributed by atoms with Gasteiger partial charge in [-0.15, -0.1) is 0 Å². The molecule has 0 saturated carbocycles. The van der Waals surface area contributed by atoms with Crippen molar-refractivity contribution in [1.29, 1.82) is 0 Å². The van der Waals surface area contributed by atoms with E-state index in [2.05, 4.69) is 0 Å². The van der Waals surface area contributed by atoms with Crippen molar-refractivity contribution in [3.8, 4) is 0 Å². The predicted molar refractivity (Wildman–Crippen MR) is 104 cm³/mol. The zero-order valence-corrected chi connectivity index (χ0v) is 18.2. The summed E-state index contributed by atoms with van der Waals surface area (Å²) in [6.45, 7) is 0. The molecule has 1 unspecified atom stereocenters. The van der Waals surface area contributed by atoms with Crippen LogP contribution in [0.1, 0.15) is 21.6 Å². The Kier molecular flexibility index (Phi) is 6.33. The summed E-state index contributed by atoms with van der Waals surface area (Å²) in [5.41, 5.74) is -1.12. The molecule has 0 aromatic heterocycles. The van der Waals surface area contributed by atoms with Crippen LogP contribution in [0.25, 0.3) is 21.5 Å². The maximum Gasteiger partial charge on any atom is 1.00 e. The van der Waals surface area contributed by atoms with E-state index in [9.17, 15) is 19.5 Å². The quantitative estimate of drug-likeness (QED) is 0.306. The predicted octanol–water partition coefficient (Wildman–Crippen LogP) is 0.397. The Balaban J connectivity index is 0.00000225. The van der Waals surface area contributed by atoms with Gasteiger partial charge in [0.25, 0.3) is 0 Å². The van der Waals surface area contributed by atoms with Crippen molar-refractivity contribution in [2.24, 2.45) is 0 Å². The molecule has 0 radical (unpaired) electrons. The topological polar surface area (TPSA) is 83.4 Å². The first-order valence-corrected chi connectivity index (χ1v) is 10.1. The molecule has 0 fully saturated rings. The van der Waals surface area contributed by atoms with Crippen molar-refractivity contribution in [1.82, 2.24) is 0 Å². The summed E-state index contributed by atoms with van der Waals surface area (Å²) in [5.74, 6) is -0.641. The average molecular weight is 398 g/mol. The summed E-state index contributed by atoms with van der Waals surface area (Å²) in [5, 5.41) is 3.22. The normalized spacial score (nSPS) is 12.5. The van der Waals surface area contributed by atoms with Crippen LogP contribution in [0.15, 0.2) is 84.9 Å². The number of carbonyl (C=O) groups is 1. The SMILES string of the molecule is O=C(c1ccc2ccccc2c1)C(c1cccc2ccccc12)[P+]([O-])([O-])O.[Na+]. The number of Topliss-reactive ketones (excluding diaryl/α,β-unsaturated/α-hetero) is 1. The fraction of sp³-hybridized carbons (Fsp3) is 0.0455. The van der Waals surface area contributed by atoms with E-state index in [-0.39, 0.29) is 40.7 Å². The van der Waals surface area contributed by atoms with Crippen LogP contribution in [0.3, 0.4) is 0 Å². The Hall–Kier alpha value is -1.62. The summed E-state index contributed by atoms with van der Waals surface area (Å²) >= 11 is 0. The van der Waals surface area contributed by atoms with Gasteiger partial charge in [-0.1, -0.05) is 78.9 Å². The number of hydrogen-bond acceptors (Lipinski definition) is 4. The van der Waals surface area contributed by atoms with Crippen molar-refractivity contribution < 1.29 is 49.0 Å². The van der Waals surface area contributed by atoms with Gasteiger partial charge in [-0.05, 0) is 27.6 Å². The molecule has 0 heterocycles. The maximum atomic E-state index is 13.1. The fourth-order valence-corrected chi connectivity index (χ4v) is 4.48. The molecule has 28 heavy (non-hydrogen) atoms. The van der Waals surface area contributed by atoms with Crippen LogP contribution in [-0.2, 0) is 0 Å². The number of carbonyl (C=O) groups excluding carboxylic acids is 1. The van der Waals surface area contributed by atoms with Gasteiger partial charge in [-0.25, -0.2) is 0 Å². The summed E-state index contributed by atoms with van der Waals surface area (Å²) in [6, 6.07) is 24.8. The van der Waals surface area contributed by atoms with E-state index >= 15 is 0 Å². The van der Waals surface area contributed by atoms with Gasteiger partial charge in [0.15, 0.2) is 5.66 Å². The molecule has 0 amide bonds. The smallest absolute Gasteiger partial charge is 0.659 e. The Bertz CT molecular complexity index is 1150. The standard InChI is InChI=1S/C22H17O4P.Na/c23-21(18-13-12-15-6-1-2-8-17(15)14-18)22(27(24,25)26)20-11-5-9-16-7-3-4-10-19(16)20;/h1-14,22H,(H2,24,25,26);/q;+1/p-1. The van der Waals surface area contributed by atoms with E-state index in [0.717, 1.165) is 16.2 Å². The van der Waals surface area contributed by atoms with Gasteiger partial charge in [0, 0.05) is 11.1 Å². The third kappa shape index (κ3) is 4.05. The van der Waals surface area contributed by atoms with Crippen LogP contribution in [0.4, 0.5) is 0 Å². The largest absolute Gasteiger partial charge is 1.00 e. The molecular weight excluding hydrogens is 382 g/mol. The molecule has 4 nitrogen and oxygen atoms in total. The summed E-state index contributed by atoms with van der Waals surface area (Å²) in [6.07, 6.45) is 0. The van der Waals surface area contributed by atoms with Gasteiger partial charge in [-0.3, -0.25) is 9.69 Å².